The van der Waals surface area contributed by atoms with E-state index in [-0.39, 0.29) is 11.5 Å². The highest BCUT2D eigenvalue weighted by Crippen LogP contribution is 2.34. The minimum atomic E-state index is -1.38. The second kappa shape index (κ2) is 9.91. The Morgan fingerprint density at radius 1 is 1.00 bits per heavy atom. The predicted molar refractivity (Wildman–Crippen MR) is 113 cm³/mol. The normalized spacial score (nSPS) is 11.7. The summed E-state index contributed by atoms with van der Waals surface area (Å²) in [7, 11) is 0. The number of hydrogen-bond donors (Lipinski definition) is 2. The van der Waals surface area contributed by atoms with Gasteiger partial charge in [0.15, 0.2) is 6.10 Å². The molecule has 0 aromatic heterocycles. The maximum atomic E-state index is 12.0. The van der Waals surface area contributed by atoms with Gasteiger partial charge in [-0.3, -0.25) is 25.0 Å². The molecule has 3 aromatic rings. The third-order valence-corrected chi connectivity index (χ3v) is 4.19. The largest absolute Gasteiger partial charge is 0.450 e. The third kappa shape index (κ3) is 5.49. The molecule has 0 fully saturated rings. The molecule has 0 bridgehead atoms. The number of hydrogen-bond acceptors (Lipinski definition) is 8. The number of nitrogens with zero attached hydrogens (tertiary/aromatic N) is 3. The van der Waals surface area contributed by atoms with Crippen LogP contribution in [-0.4, -0.2) is 27.1 Å². The van der Waals surface area contributed by atoms with Crippen LogP contribution in [0.5, 0.6) is 11.5 Å². The molecule has 1 atom stereocenters. The van der Waals surface area contributed by atoms with Crippen LogP contribution in [-0.2, 0) is 4.79 Å². The van der Waals surface area contributed by atoms with E-state index in [1.807, 2.05) is 0 Å². The number of ether oxygens (including phenoxy) is 1. The zero-order valence-electron chi connectivity index (χ0n) is 16.3. The number of nitrogens with one attached hydrogen (secondary N) is 1. The number of amides is 1. The molecular formula is C21H16N4O7. The van der Waals surface area contributed by atoms with Crippen LogP contribution in [0.25, 0.3) is 0 Å². The Balaban J connectivity index is 1.70. The van der Waals surface area contributed by atoms with E-state index in [1.165, 1.54) is 18.3 Å². The van der Waals surface area contributed by atoms with Crippen LogP contribution in [0.3, 0.4) is 0 Å². The van der Waals surface area contributed by atoms with Gasteiger partial charge in [-0.1, -0.05) is 42.5 Å². The summed E-state index contributed by atoms with van der Waals surface area (Å²) >= 11 is 0. The lowest BCUT2D eigenvalue weighted by Crippen LogP contribution is -2.25. The number of nitro benzene ring substituents is 2. The monoisotopic (exact) mass is 436 g/mol. The maximum absolute atomic E-state index is 12.0. The third-order valence-electron chi connectivity index (χ3n) is 4.19. The maximum Gasteiger partial charge on any atom is 0.318 e. The molecule has 32 heavy (non-hydrogen) atoms. The molecule has 0 saturated heterocycles. The van der Waals surface area contributed by atoms with Crippen molar-refractivity contribution in [2.75, 3.05) is 0 Å². The molecule has 11 heteroatoms. The van der Waals surface area contributed by atoms with Gasteiger partial charge in [-0.2, -0.15) is 5.10 Å². The van der Waals surface area contributed by atoms with E-state index in [4.69, 9.17) is 4.74 Å². The van der Waals surface area contributed by atoms with Crippen LogP contribution >= 0.6 is 0 Å². The quantitative estimate of drug-likeness (QED) is 0.311. The summed E-state index contributed by atoms with van der Waals surface area (Å²) in [5.74, 6) is -0.683. The molecule has 1 unspecified atom stereocenters. The van der Waals surface area contributed by atoms with Gasteiger partial charge < -0.3 is 9.84 Å². The average Bonchev–Trinajstić information content (AvgIpc) is 2.79. The molecule has 0 aliphatic carbocycles. The van der Waals surface area contributed by atoms with Gasteiger partial charge in [-0.15, -0.1) is 0 Å². The lowest BCUT2D eigenvalue weighted by Gasteiger charge is -2.08. The first-order valence-electron chi connectivity index (χ1n) is 9.12. The molecule has 0 spiro atoms. The second-order valence-electron chi connectivity index (χ2n) is 6.39. The van der Waals surface area contributed by atoms with Gasteiger partial charge in [0.05, 0.1) is 22.1 Å². The first kappa shape index (κ1) is 22.1. The highest BCUT2D eigenvalue weighted by Gasteiger charge is 2.21. The van der Waals surface area contributed by atoms with E-state index in [9.17, 15) is 30.1 Å². The van der Waals surface area contributed by atoms with Crippen molar-refractivity contribution >= 4 is 23.5 Å². The van der Waals surface area contributed by atoms with Crippen molar-refractivity contribution < 1.29 is 24.5 Å². The average molecular weight is 436 g/mol. The van der Waals surface area contributed by atoms with Gasteiger partial charge >= 0.3 is 5.69 Å². The summed E-state index contributed by atoms with van der Waals surface area (Å²) in [6.07, 6.45) is -0.0853. The Bertz CT molecular complexity index is 1180. The minimum Gasteiger partial charge on any atom is -0.450 e. The molecule has 0 radical (unpaired) electrons. The number of aliphatic hydroxyl groups excluding tert-OH is 1. The van der Waals surface area contributed by atoms with E-state index < -0.39 is 33.2 Å². The number of rotatable bonds is 8. The summed E-state index contributed by atoms with van der Waals surface area (Å²) in [5, 5.41) is 35.9. The zero-order valence-corrected chi connectivity index (χ0v) is 16.3. The van der Waals surface area contributed by atoms with Gasteiger partial charge in [0.1, 0.15) is 5.75 Å². The zero-order chi connectivity index (χ0) is 23.1. The number of hydrazone groups is 1. The second-order valence-corrected chi connectivity index (χ2v) is 6.39. The van der Waals surface area contributed by atoms with E-state index in [0.29, 0.717) is 11.1 Å². The Morgan fingerprint density at radius 3 is 2.44 bits per heavy atom. The molecular weight excluding hydrogens is 420 g/mol. The summed E-state index contributed by atoms with van der Waals surface area (Å²) < 4.78 is 5.52. The minimum absolute atomic E-state index is 0.172. The Kier molecular flexibility index (Phi) is 6.83. The Morgan fingerprint density at radius 2 is 1.75 bits per heavy atom. The Labute approximate surface area is 180 Å². The van der Waals surface area contributed by atoms with E-state index in [1.54, 1.807) is 42.5 Å². The number of aliphatic hydroxyl groups is 1. The van der Waals surface area contributed by atoms with Crippen molar-refractivity contribution in [3.8, 4) is 11.5 Å². The van der Waals surface area contributed by atoms with Crippen LogP contribution in [0.1, 0.15) is 17.2 Å². The fourth-order valence-electron chi connectivity index (χ4n) is 2.65. The molecule has 0 saturated carbocycles. The van der Waals surface area contributed by atoms with Gasteiger partial charge in [0.25, 0.3) is 11.6 Å². The number of carbonyl (C=O) groups excluding carboxylic acids is 1. The highest BCUT2D eigenvalue weighted by atomic mass is 16.6. The number of carbonyl (C=O) groups is 1. The van der Waals surface area contributed by atoms with E-state index >= 15 is 0 Å². The topological polar surface area (TPSA) is 157 Å². The molecule has 162 valence electrons. The number of nitro groups is 2. The molecule has 3 aromatic carbocycles. The van der Waals surface area contributed by atoms with Crippen molar-refractivity contribution in [2.45, 2.75) is 6.10 Å². The van der Waals surface area contributed by atoms with Crippen molar-refractivity contribution in [1.82, 2.24) is 5.43 Å². The molecule has 3 rings (SSSR count). The lowest BCUT2D eigenvalue weighted by molar-refractivity contribution is -0.394. The summed E-state index contributed by atoms with van der Waals surface area (Å²) in [5.41, 5.74) is 2.14. The van der Waals surface area contributed by atoms with Crippen LogP contribution in [0.2, 0.25) is 0 Å². The summed E-state index contributed by atoms with van der Waals surface area (Å²) in [4.78, 5) is 32.6. The van der Waals surface area contributed by atoms with Crippen LogP contribution < -0.4 is 10.2 Å². The fourth-order valence-corrected chi connectivity index (χ4v) is 2.65. The highest BCUT2D eigenvalue weighted by molar-refractivity contribution is 5.85. The number of benzene rings is 3. The molecule has 2 N–H and O–H groups in total. The summed E-state index contributed by atoms with van der Waals surface area (Å²) in [6.45, 7) is 0. The molecule has 11 nitrogen and oxygen atoms in total. The van der Waals surface area contributed by atoms with Gasteiger partial charge in [0.2, 0.25) is 5.75 Å². The molecule has 0 aliphatic rings. The number of non-ortho nitro benzene ring substituents is 1. The van der Waals surface area contributed by atoms with Crippen LogP contribution in [0, 0.1) is 20.2 Å². The van der Waals surface area contributed by atoms with Gasteiger partial charge in [-0.25, -0.2) is 5.43 Å². The first-order valence-corrected chi connectivity index (χ1v) is 9.12. The van der Waals surface area contributed by atoms with E-state index in [2.05, 4.69) is 10.5 Å². The van der Waals surface area contributed by atoms with E-state index in [0.717, 1.165) is 18.2 Å². The predicted octanol–water partition coefficient (Wildman–Crippen LogP) is 3.48. The first-order chi connectivity index (χ1) is 15.3. The van der Waals surface area contributed by atoms with Crippen molar-refractivity contribution in [3.05, 3.63) is 104 Å². The molecule has 0 heterocycles. The molecule has 1 amide bonds. The van der Waals surface area contributed by atoms with Crippen molar-refractivity contribution in [3.63, 3.8) is 0 Å². The molecule has 0 aliphatic heterocycles. The summed E-state index contributed by atoms with van der Waals surface area (Å²) in [6, 6.07) is 17.7. The lowest BCUT2D eigenvalue weighted by atomic mass is 10.1. The van der Waals surface area contributed by atoms with Crippen LogP contribution in [0.15, 0.2) is 77.9 Å². The standard InChI is InChI=1S/C21H16N4O7/c26-20(15-6-2-1-3-7-15)21(27)23-22-13-14-5-4-8-17(11-14)32-19-10-9-16(24(28)29)12-18(19)25(30)31/h1-13,20,26H,(H,23,27). The van der Waals surface area contributed by atoms with Gasteiger partial charge in [-0.05, 0) is 29.3 Å². The Hall–Kier alpha value is -4.64. The SMILES string of the molecule is O=C(NN=Cc1cccc(Oc2ccc([N+](=O)[O-])cc2[N+](=O)[O-])c1)C(O)c1ccccc1. The van der Waals surface area contributed by atoms with Crippen molar-refractivity contribution in [1.29, 1.82) is 0 Å². The van der Waals surface area contributed by atoms with Gasteiger partial charge in [0, 0.05) is 6.07 Å². The fraction of sp³-hybridized carbons (Fsp3) is 0.0476. The van der Waals surface area contributed by atoms with Crippen LogP contribution in [0.4, 0.5) is 11.4 Å². The van der Waals surface area contributed by atoms with Crippen molar-refractivity contribution in [2.24, 2.45) is 5.10 Å². The smallest absolute Gasteiger partial charge is 0.318 e.